The number of aryl methyl sites for hydroxylation is 2. The third-order valence-corrected chi connectivity index (χ3v) is 4.33. The molecular formula is C21H26N2O3. The molecule has 0 bridgehead atoms. The van der Waals surface area contributed by atoms with Crippen LogP contribution >= 0.6 is 0 Å². The Hall–Kier alpha value is -2.82. The number of nitrogens with zero attached hydrogens (tertiary/aromatic N) is 1. The van der Waals surface area contributed by atoms with Crippen LogP contribution < -0.4 is 10.1 Å². The summed E-state index contributed by atoms with van der Waals surface area (Å²) in [6, 6.07) is 14.9. The molecule has 0 saturated heterocycles. The quantitative estimate of drug-likeness (QED) is 0.832. The lowest BCUT2D eigenvalue weighted by molar-refractivity contribution is -0.142. The number of ether oxygens (including phenoxy) is 1. The first kappa shape index (κ1) is 19.5. The maximum atomic E-state index is 12.8. The molecule has 26 heavy (non-hydrogen) atoms. The SMILES string of the molecule is CNC(=O)[C@@H](C)N(Cc1ccc(C)cc1)C(=O)COc1ccccc1C. The van der Waals surface area contributed by atoms with Crippen LogP contribution in [-0.4, -0.2) is 36.4 Å². The van der Waals surface area contributed by atoms with Crippen molar-refractivity contribution in [1.29, 1.82) is 0 Å². The zero-order valence-corrected chi connectivity index (χ0v) is 15.8. The van der Waals surface area contributed by atoms with Crippen molar-refractivity contribution >= 4 is 11.8 Å². The molecule has 0 aliphatic heterocycles. The number of hydrogen-bond acceptors (Lipinski definition) is 3. The Kier molecular flexibility index (Phi) is 6.78. The molecule has 0 heterocycles. The average molecular weight is 354 g/mol. The van der Waals surface area contributed by atoms with Crippen molar-refractivity contribution in [3.63, 3.8) is 0 Å². The predicted octanol–water partition coefficient (Wildman–Crippen LogP) is 2.85. The Morgan fingerprint density at radius 1 is 1.08 bits per heavy atom. The van der Waals surface area contributed by atoms with Gasteiger partial charge in [0, 0.05) is 13.6 Å². The monoisotopic (exact) mass is 354 g/mol. The van der Waals surface area contributed by atoms with Crippen LogP contribution in [0.25, 0.3) is 0 Å². The zero-order valence-electron chi connectivity index (χ0n) is 15.8. The summed E-state index contributed by atoms with van der Waals surface area (Å²) in [6.07, 6.45) is 0. The van der Waals surface area contributed by atoms with Crippen LogP contribution in [0.5, 0.6) is 5.75 Å². The van der Waals surface area contributed by atoms with Crippen LogP contribution in [0.4, 0.5) is 0 Å². The van der Waals surface area contributed by atoms with E-state index in [1.54, 1.807) is 18.9 Å². The summed E-state index contributed by atoms with van der Waals surface area (Å²) in [5.41, 5.74) is 3.08. The van der Waals surface area contributed by atoms with Gasteiger partial charge in [-0.1, -0.05) is 48.0 Å². The highest BCUT2D eigenvalue weighted by molar-refractivity contribution is 5.87. The summed E-state index contributed by atoms with van der Waals surface area (Å²) < 4.78 is 5.68. The number of rotatable bonds is 7. The molecule has 138 valence electrons. The van der Waals surface area contributed by atoms with Crippen LogP contribution in [0.3, 0.4) is 0 Å². The van der Waals surface area contributed by atoms with E-state index in [-0.39, 0.29) is 18.4 Å². The first-order chi connectivity index (χ1) is 12.4. The molecule has 0 aliphatic rings. The number of amides is 2. The number of hydrogen-bond donors (Lipinski definition) is 1. The van der Waals surface area contributed by atoms with Gasteiger partial charge in [0.25, 0.3) is 5.91 Å². The molecule has 2 rings (SSSR count). The van der Waals surface area contributed by atoms with Crippen LogP contribution in [0.2, 0.25) is 0 Å². The molecule has 0 aromatic heterocycles. The molecule has 0 radical (unpaired) electrons. The Morgan fingerprint density at radius 3 is 2.35 bits per heavy atom. The highest BCUT2D eigenvalue weighted by Crippen LogP contribution is 2.17. The highest BCUT2D eigenvalue weighted by atomic mass is 16.5. The van der Waals surface area contributed by atoms with E-state index < -0.39 is 6.04 Å². The van der Waals surface area contributed by atoms with Gasteiger partial charge in [0.05, 0.1) is 0 Å². The lowest BCUT2D eigenvalue weighted by atomic mass is 10.1. The summed E-state index contributed by atoms with van der Waals surface area (Å²) in [5, 5.41) is 2.60. The van der Waals surface area contributed by atoms with Crippen molar-refractivity contribution in [3.05, 3.63) is 65.2 Å². The van der Waals surface area contributed by atoms with Gasteiger partial charge in [0.1, 0.15) is 11.8 Å². The van der Waals surface area contributed by atoms with Crippen molar-refractivity contribution in [3.8, 4) is 5.75 Å². The number of para-hydroxylation sites is 1. The van der Waals surface area contributed by atoms with E-state index in [2.05, 4.69) is 5.32 Å². The van der Waals surface area contributed by atoms with E-state index in [0.717, 1.165) is 16.7 Å². The number of benzene rings is 2. The van der Waals surface area contributed by atoms with E-state index in [9.17, 15) is 9.59 Å². The predicted molar refractivity (Wildman–Crippen MR) is 102 cm³/mol. The summed E-state index contributed by atoms with van der Waals surface area (Å²) in [4.78, 5) is 26.4. The maximum Gasteiger partial charge on any atom is 0.261 e. The molecule has 2 amide bonds. The highest BCUT2D eigenvalue weighted by Gasteiger charge is 2.25. The topological polar surface area (TPSA) is 58.6 Å². The fourth-order valence-corrected chi connectivity index (χ4v) is 2.62. The molecule has 0 fully saturated rings. The second kappa shape index (κ2) is 9.04. The molecule has 0 saturated carbocycles. The Bertz CT molecular complexity index is 756. The summed E-state index contributed by atoms with van der Waals surface area (Å²) in [7, 11) is 1.57. The van der Waals surface area contributed by atoms with Gasteiger partial charge in [-0.05, 0) is 38.0 Å². The van der Waals surface area contributed by atoms with Crippen molar-refractivity contribution in [2.45, 2.75) is 33.4 Å². The molecule has 1 atom stereocenters. The number of carbonyl (C=O) groups excluding carboxylic acids is 2. The Balaban J connectivity index is 2.13. The lowest BCUT2D eigenvalue weighted by Gasteiger charge is -2.28. The van der Waals surface area contributed by atoms with Gasteiger partial charge in [-0.2, -0.15) is 0 Å². The van der Waals surface area contributed by atoms with Crippen LogP contribution in [0.15, 0.2) is 48.5 Å². The van der Waals surface area contributed by atoms with Gasteiger partial charge in [-0.3, -0.25) is 9.59 Å². The number of likely N-dealkylation sites (N-methyl/N-ethyl adjacent to an activating group) is 1. The number of nitrogens with one attached hydrogen (secondary N) is 1. The lowest BCUT2D eigenvalue weighted by Crippen LogP contribution is -2.48. The largest absolute Gasteiger partial charge is 0.484 e. The smallest absolute Gasteiger partial charge is 0.261 e. The minimum absolute atomic E-state index is 0.113. The normalized spacial score (nSPS) is 11.5. The summed E-state index contributed by atoms with van der Waals surface area (Å²) in [5.74, 6) is 0.231. The van der Waals surface area contributed by atoms with Gasteiger partial charge in [-0.15, -0.1) is 0 Å². The minimum atomic E-state index is -0.589. The molecule has 0 spiro atoms. The van der Waals surface area contributed by atoms with Crippen molar-refractivity contribution in [2.24, 2.45) is 0 Å². The van der Waals surface area contributed by atoms with Gasteiger partial charge >= 0.3 is 0 Å². The average Bonchev–Trinajstić information content (AvgIpc) is 2.65. The van der Waals surface area contributed by atoms with E-state index in [0.29, 0.717) is 12.3 Å². The standard InChI is InChI=1S/C21H26N2O3/c1-15-9-11-18(12-10-15)13-23(17(3)21(25)22-4)20(24)14-26-19-8-6-5-7-16(19)2/h5-12,17H,13-14H2,1-4H3,(H,22,25)/t17-/m1/s1. The van der Waals surface area contributed by atoms with Crippen LogP contribution in [0.1, 0.15) is 23.6 Å². The molecule has 2 aromatic rings. The Morgan fingerprint density at radius 2 is 1.73 bits per heavy atom. The van der Waals surface area contributed by atoms with Gasteiger partial charge in [0.2, 0.25) is 5.91 Å². The van der Waals surface area contributed by atoms with Crippen molar-refractivity contribution in [2.75, 3.05) is 13.7 Å². The van der Waals surface area contributed by atoms with E-state index >= 15 is 0 Å². The third kappa shape index (κ3) is 5.09. The first-order valence-corrected chi connectivity index (χ1v) is 8.67. The fourth-order valence-electron chi connectivity index (χ4n) is 2.62. The van der Waals surface area contributed by atoms with Crippen molar-refractivity contribution < 1.29 is 14.3 Å². The second-order valence-electron chi connectivity index (χ2n) is 6.35. The minimum Gasteiger partial charge on any atom is -0.484 e. The third-order valence-electron chi connectivity index (χ3n) is 4.33. The van der Waals surface area contributed by atoms with E-state index in [1.807, 2.05) is 62.4 Å². The molecule has 0 unspecified atom stereocenters. The van der Waals surface area contributed by atoms with E-state index in [4.69, 9.17) is 4.74 Å². The molecule has 1 N–H and O–H groups in total. The molecule has 0 aliphatic carbocycles. The fraction of sp³-hybridized carbons (Fsp3) is 0.333. The first-order valence-electron chi connectivity index (χ1n) is 8.67. The molecule has 5 heteroatoms. The Labute approximate surface area is 155 Å². The van der Waals surface area contributed by atoms with Crippen LogP contribution in [0, 0.1) is 13.8 Å². The van der Waals surface area contributed by atoms with E-state index in [1.165, 1.54) is 0 Å². The number of carbonyl (C=O) groups is 2. The van der Waals surface area contributed by atoms with Gasteiger partial charge in [0.15, 0.2) is 6.61 Å². The zero-order chi connectivity index (χ0) is 19.1. The van der Waals surface area contributed by atoms with Crippen LogP contribution in [-0.2, 0) is 16.1 Å². The maximum absolute atomic E-state index is 12.8. The molecule has 2 aromatic carbocycles. The molecular weight excluding hydrogens is 328 g/mol. The summed E-state index contributed by atoms with van der Waals surface area (Å²) >= 11 is 0. The molecule has 5 nitrogen and oxygen atoms in total. The van der Waals surface area contributed by atoms with Crippen molar-refractivity contribution in [1.82, 2.24) is 10.2 Å². The second-order valence-corrected chi connectivity index (χ2v) is 6.35. The summed E-state index contributed by atoms with van der Waals surface area (Å²) in [6.45, 7) is 5.90. The van der Waals surface area contributed by atoms with Gasteiger partial charge in [-0.25, -0.2) is 0 Å². The van der Waals surface area contributed by atoms with Gasteiger partial charge < -0.3 is 15.0 Å².